The summed E-state index contributed by atoms with van der Waals surface area (Å²) in [6, 6.07) is 73.5. The van der Waals surface area contributed by atoms with E-state index in [1.165, 1.54) is 72.0 Å². The highest BCUT2D eigenvalue weighted by Gasteiger charge is 2.54. The molecule has 4 aliphatic rings. The molecule has 0 fully saturated rings. The van der Waals surface area contributed by atoms with Crippen molar-refractivity contribution < 1.29 is 4.42 Å². The molecule has 0 saturated carbocycles. The molecule has 10 aromatic rings. The van der Waals surface area contributed by atoms with Gasteiger partial charge >= 0.3 is 0 Å². The SMILES string of the molecule is CC1(C2(C)C3=C(C4=C[C@H]4C=C3)c3ccc(-c4ccc(N(c5ccc(-c6ccc7oc8ccccc8c7c6)cc5)c5ccccc5-c5cccc6cccc(-c7ccccc7)c56)cc4)cc32)C=CC=CC1. The van der Waals surface area contributed by atoms with E-state index in [1.807, 2.05) is 12.1 Å². The van der Waals surface area contributed by atoms with Crippen LogP contribution in [0.2, 0.25) is 0 Å². The van der Waals surface area contributed by atoms with Gasteiger partial charge in [-0.1, -0.05) is 202 Å². The minimum Gasteiger partial charge on any atom is -0.456 e. The quantitative estimate of drug-likeness (QED) is 0.151. The highest BCUT2D eigenvalue weighted by molar-refractivity contribution is 6.09. The molecular weight excluding hydrogens is 847 g/mol. The minimum absolute atomic E-state index is 0.0571. The van der Waals surface area contributed by atoms with Crippen LogP contribution < -0.4 is 4.90 Å². The zero-order valence-corrected chi connectivity index (χ0v) is 39.2. The first-order chi connectivity index (χ1) is 34.4. The second kappa shape index (κ2) is 15.5. The normalized spacial score (nSPS) is 19.6. The molecule has 0 radical (unpaired) electrons. The molecule has 0 bridgehead atoms. The zero-order valence-electron chi connectivity index (χ0n) is 39.2. The van der Waals surface area contributed by atoms with Crippen molar-refractivity contribution in [2.45, 2.75) is 25.7 Å². The first kappa shape index (κ1) is 40.6. The molecule has 0 saturated heterocycles. The third-order valence-corrected chi connectivity index (χ3v) is 16.1. The molecule has 9 aromatic carbocycles. The third-order valence-electron chi connectivity index (χ3n) is 16.1. The number of hydrogen-bond acceptors (Lipinski definition) is 2. The maximum absolute atomic E-state index is 6.20. The topological polar surface area (TPSA) is 16.4 Å². The van der Waals surface area contributed by atoms with Crippen LogP contribution in [0.1, 0.15) is 31.4 Å². The molecule has 1 aromatic heterocycles. The summed E-state index contributed by atoms with van der Waals surface area (Å²) in [7, 11) is 0. The predicted molar refractivity (Wildman–Crippen MR) is 294 cm³/mol. The number of benzene rings is 9. The van der Waals surface area contributed by atoms with Gasteiger partial charge in [-0.15, -0.1) is 0 Å². The molecule has 2 unspecified atom stereocenters. The third kappa shape index (κ3) is 6.19. The largest absolute Gasteiger partial charge is 0.456 e. The molecule has 2 heteroatoms. The number of nitrogens with zero attached hydrogens (tertiary/aromatic N) is 1. The van der Waals surface area contributed by atoms with Gasteiger partial charge in [0.1, 0.15) is 11.2 Å². The van der Waals surface area contributed by atoms with E-state index in [2.05, 4.69) is 249 Å². The lowest BCUT2D eigenvalue weighted by molar-refractivity contribution is 0.267. The van der Waals surface area contributed by atoms with Gasteiger partial charge in [0.15, 0.2) is 0 Å². The Balaban J connectivity index is 0.899. The van der Waals surface area contributed by atoms with Crippen molar-refractivity contribution in [2.75, 3.05) is 4.90 Å². The van der Waals surface area contributed by atoms with Crippen molar-refractivity contribution >= 4 is 55.3 Å². The molecular formula is C68H49NO. The molecule has 1 heterocycles. The maximum Gasteiger partial charge on any atom is 0.135 e. The molecule has 2 nitrogen and oxygen atoms in total. The monoisotopic (exact) mass is 895 g/mol. The van der Waals surface area contributed by atoms with E-state index in [9.17, 15) is 0 Å². The Morgan fingerprint density at radius 1 is 0.514 bits per heavy atom. The van der Waals surface area contributed by atoms with Crippen molar-refractivity contribution in [3.8, 4) is 44.5 Å². The summed E-state index contributed by atoms with van der Waals surface area (Å²) < 4.78 is 6.20. The molecule has 0 amide bonds. The Morgan fingerprint density at radius 2 is 1.17 bits per heavy atom. The summed E-state index contributed by atoms with van der Waals surface area (Å²) >= 11 is 0. The summed E-state index contributed by atoms with van der Waals surface area (Å²) in [5.74, 6) is 0.485. The molecule has 3 atom stereocenters. The molecule has 4 aliphatic carbocycles. The van der Waals surface area contributed by atoms with Crippen LogP contribution in [0.3, 0.4) is 0 Å². The van der Waals surface area contributed by atoms with Gasteiger partial charge in [0.05, 0.1) is 5.69 Å². The summed E-state index contributed by atoms with van der Waals surface area (Å²) in [5, 5.41) is 4.72. The van der Waals surface area contributed by atoms with E-state index in [0.717, 1.165) is 56.5 Å². The number of furan rings is 1. The predicted octanol–water partition coefficient (Wildman–Crippen LogP) is 18.6. The standard InChI is InChI=1S/C68H49NO/c1-67(39-11-4-12-40-67)68(2)60-37-30-50-42-58(50)66(60)57-36-29-49(43-61(57)68)45-27-34-52(35-28-45)69(51-32-25-44(26-33-51)48-31-38-64-59(41-48)55-20-8-10-24-63(55)70-64)62-23-9-7-19-54(62)56-22-14-18-47-17-13-21-53(65(47)56)46-15-5-3-6-16-46/h3-39,41-43,50H,40H2,1-2H3/t50-,67?,68?/m1/s1. The van der Waals surface area contributed by atoms with Gasteiger partial charge in [-0.3, -0.25) is 0 Å². The van der Waals surface area contributed by atoms with Crippen LogP contribution >= 0.6 is 0 Å². The molecule has 70 heavy (non-hydrogen) atoms. The maximum atomic E-state index is 6.20. The highest BCUT2D eigenvalue weighted by Crippen LogP contribution is 2.64. The number of allylic oxidation sites excluding steroid dienone is 10. The van der Waals surface area contributed by atoms with Gasteiger partial charge in [-0.05, 0) is 139 Å². The smallest absolute Gasteiger partial charge is 0.135 e. The van der Waals surface area contributed by atoms with Crippen molar-refractivity contribution in [3.05, 3.63) is 265 Å². The summed E-state index contributed by atoms with van der Waals surface area (Å²) in [6.45, 7) is 4.95. The number of anilines is 3. The Kier molecular flexibility index (Phi) is 9.01. The fourth-order valence-corrected chi connectivity index (χ4v) is 12.2. The van der Waals surface area contributed by atoms with Crippen molar-refractivity contribution in [3.63, 3.8) is 0 Å². The Hall–Kier alpha value is -8.46. The first-order valence-corrected chi connectivity index (χ1v) is 24.7. The van der Waals surface area contributed by atoms with Gasteiger partial charge in [-0.2, -0.15) is 0 Å². The molecule has 0 N–H and O–H groups in total. The van der Waals surface area contributed by atoms with E-state index in [0.29, 0.717) is 5.92 Å². The van der Waals surface area contributed by atoms with Crippen LogP contribution in [0.25, 0.3) is 82.8 Å². The van der Waals surface area contributed by atoms with E-state index >= 15 is 0 Å². The van der Waals surface area contributed by atoms with Crippen LogP contribution in [0.15, 0.2) is 258 Å². The molecule has 0 aliphatic heterocycles. The number of hydrogen-bond donors (Lipinski definition) is 0. The zero-order chi connectivity index (χ0) is 46.6. The van der Waals surface area contributed by atoms with E-state index in [1.54, 1.807) is 0 Å². The van der Waals surface area contributed by atoms with Crippen LogP contribution in [-0.2, 0) is 5.41 Å². The van der Waals surface area contributed by atoms with E-state index < -0.39 is 0 Å². The van der Waals surface area contributed by atoms with Crippen molar-refractivity contribution in [1.29, 1.82) is 0 Å². The number of para-hydroxylation sites is 2. The number of rotatable bonds is 8. The summed E-state index contributed by atoms with van der Waals surface area (Å²) in [4.78, 5) is 2.44. The fourth-order valence-electron chi connectivity index (χ4n) is 12.2. The minimum atomic E-state index is -0.174. The van der Waals surface area contributed by atoms with Crippen molar-refractivity contribution in [2.24, 2.45) is 11.3 Å². The van der Waals surface area contributed by atoms with E-state index in [4.69, 9.17) is 4.42 Å². The average molecular weight is 896 g/mol. The lowest BCUT2D eigenvalue weighted by atomic mass is 9.57. The fraction of sp³-hybridized carbons (Fsp3) is 0.0882. The summed E-state index contributed by atoms with van der Waals surface area (Å²) in [6.07, 6.45) is 17.5. The summed E-state index contributed by atoms with van der Waals surface area (Å²) in [5.41, 5.74) is 21.7. The second-order valence-electron chi connectivity index (χ2n) is 19.9. The van der Waals surface area contributed by atoms with Gasteiger partial charge < -0.3 is 9.32 Å². The van der Waals surface area contributed by atoms with Gasteiger partial charge in [0.2, 0.25) is 0 Å². The van der Waals surface area contributed by atoms with Crippen LogP contribution in [-0.4, -0.2) is 0 Å². The van der Waals surface area contributed by atoms with Gasteiger partial charge in [0, 0.05) is 44.5 Å². The lowest BCUT2D eigenvalue weighted by Crippen LogP contribution is -2.40. The first-order valence-electron chi connectivity index (χ1n) is 24.7. The lowest BCUT2D eigenvalue weighted by Gasteiger charge is -2.45. The molecule has 0 spiro atoms. The van der Waals surface area contributed by atoms with Crippen LogP contribution in [0.4, 0.5) is 17.1 Å². The highest BCUT2D eigenvalue weighted by atomic mass is 16.3. The van der Waals surface area contributed by atoms with E-state index in [-0.39, 0.29) is 10.8 Å². The average Bonchev–Trinajstić information content (AvgIpc) is 4.05. The Morgan fingerprint density at radius 3 is 1.94 bits per heavy atom. The van der Waals surface area contributed by atoms with Crippen molar-refractivity contribution in [1.82, 2.24) is 0 Å². The van der Waals surface area contributed by atoms with Crippen LogP contribution in [0.5, 0.6) is 0 Å². The Labute approximate surface area is 409 Å². The van der Waals surface area contributed by atoms with Gasteiger partial charge in [0.25, 0.3) is 0 Å². The second-order valence-corrected chi connectivity index (χ2v) is 19.9. The van der Waals surface area contributed by atoms with Crippen LogP contribution in [0, 0.1) is 11.3 Å². The van der Waals surface area contributed by atoms with Gasteiger partial charge in [-0.25, -0.2) is 0 Å². The number of fused-ring (bicyclic) bond motifs is 8. The molecule has 332 valence electrons. The Bertz CT molecular complexity index is 3930. The molecule has 14 rings (SSSR count).